The van der Waals surface area contributed by atoms with E-state index in [0.717, 1.165) is 12.2 Å². The molecule has 0 bridgehead atoms. The van der Waals surface area contributed by atoms with E-state index in [1.165, 1.54) is 7.11 Å². The third-order valence-corrected chi connectivity index (χ3v) is 2.12. The Labute approximate surface area is 115 Å². The zero-order valence-corrected chi connectivity index (χ0v) is 11.1. The molecule has 0 unspecified atom stereocenters. The number of hydrogen-bond acceptors (Lipinski definition) is 6. The van der Waals surface area contributed by atoms with Gasteiger partial charge in [-0.15, -0.1) is 0 Å². The SMILES string of the molecule is COC(=O)C=CC(=O)OCOC(=O)c1ccc[n+](C)c1. The molecule has 20 heavy (non-hydrogen) atoms. The van der Waals surface area contributed by atoms with Crippen molar-refractivity contribution in [2.24, 2.45) is 7.05 Å². The monoisotopic (exact) mass is 280 g/mol. The van der Waals surface area contributed by atoms with Gasteiger partial charge in [0.2, 0.25) is 6.79 Å². The first-order valence-corrected chi connectivity index (χ1v) is 5.58. The van der Waals surface area contributed by atoms with Gasteiger partial charge < -0.3 is 14.2 Å². The van der Waals surface area contributed by atoms with Crippen molar-refractivity contribution in [3.63, 3.8) is 0 Å². The normalized spacial score (nSPS) is 10.1. The Hall–Kier alpha value is -2.70. The average Bonchev–Trinajstić information content (AvgIpc) is 2.44. The fourth-order valence-corrected chi connectivity index (χ4v) is 1.19. The molecule has 1 aromatic heterocycles. The minimum Gasteiger partial charge on any atom is -0.466 e. The summed E-state index contributed by atoms with van der Waals surface area (Å²) in [6.45, 7) is -0.540. The number of aromatic nitrogens is 1. The van der Waals surface area contributed by atoms with Gasteiger partial charge in [0.15, 0.2) is 12.4 Å². The number of aryl methyl sites for hydroxylation is 1. The van der Waals surface area contributed by atoms with Crippen molar-refractivity contribution in [3.8, 4) is 0 Å². The van der Waals surface area contributed by atoms with E-state index in [1.54, 1.807) is 36.1 Å². The third kappa shape index (κ3) is 5.30. The molecular formula is C13H14NO6+. The first-order chi connectivity index (χ1) is 9.52. The molecule has 0 fully saturated rings. The molecular weight excluding hydrogens is 266 g/mol. The summed E-state index contributed by atoms with van der Waals surface area (Å²) < 4.78 is 15.3. The minimum atomic E-state index is -0.818. The van der Waals surface area contributed by atoms with E-state index in [4.69, 9.17) is 4.74 Å². The number of nitrogens with zero attached hydrogens (tertiary/aromatic N) is 1. The molecule has 0 saturated carbocycles. The molecule has 0 aromatic carbocycles. The molecule has 0 aliphatic rings. The van der Waals surface area contributed by atoms with Crippen LogP contribution in [-0.2, 0) is 30.8 Å². The van der Waals surface area contributed by atoms with E-state index >= 15 is 0 Å². The molecule has 1 rings (SSSR count). The summed E-state index contributed by atoms with van der Waals surface area (Å²) in [5.74, 6) is -2.12. The van der Waals surface area contributed by atoms with Gasteiger partial charge in [-0.1, -0.05) is 0 Å². The molecule has 0 aliphatic heterocycles. The van der Waals surface area contributed by atoms with Crippen molar-refractivity contribution in [2.45, 2.75) is 0 Å². The summed E-state index contributed by atoms with van der Waals surface area (Å²) in [7, 11) is 2.94. The second kappa shape index (κ2) is 7.67. The highest BCUT2D eigenvalue weighted by Crippen LogP contribution is 1.98. The summed E-state index contributed by atoms with van der Waals surface area (Å²) in [4.78, 5) is 33.4. The van der Waals surface area contributed by atoms with Crippen molar-refractivity contribution < 1.29 is 33.2 Å². The summed E-state index contributed by atoms with van der Waals surface area (Å²) in [6, 6.07) is 3.25. The molecule has 0 spiro atoms. The lowest BCUT2D eigenvalue weighted by molar-refractivity contribution is -0.671. The van der Waals surface area contributed by atoms with Crippen LogP contribution in [0, 0.1) is 0 Å². The van der Waals surface area contributed by atoms with Crippen molar-refractivity contribution >= 4 is 17.9 Å². The van der Waals surface area contributed by atoms with Crippen LogP contribution >= 0.6 is 0 Å². The number of hydrogen-bond donors (Lipinski definition) is 0. The number of ether oxygens (including phenoxy) is 3. The lowest BCUT2D eigenvalue weighted by Gasteiger charge is -2.03. The van der Waals surface area contributed by atoms with E-state index in [-0.39, 0.29) is 0 Å². The van der Waals surface area contributed by atoms with Crippen LogP contribution in [-0.4, -0.2) is 31.8 Å². The number of rotatable bonds is 5. The predicted octanol–water partition coefficient (Wildman–Crippen LogP) is -0.102. The third-order valence-electron chi connectivity index (χ3n) is 2.12. The highest BCUT2D eigenvalue weighted by Gasteiger charge is 2.11. The van der Waals surface area contributed by atoms with Crippen molar-refractivity contribution in [3.05, 3.63) is 42.2 Å². The van der Waals surface area contributed by atoms with Crippen LogP contribution in [0.3, 0.4) is 0 Å². The van der Waals surface area contributed by atoms with E-state index in [0.29, 0.717) is 5.56 Å². The smallest absolute Gasteiger partial charge is 0.347 e. The van der Waals surface area contributed by atoms with Gasteiger partial charge in [0.05, 0.1) is 7.11 Å². The molecule has 0 aliphatic carbocycles. The molecule has 106 valence electrons. The van der Waals surface area contributed by atoms with Gasteiger partial charge in [0, 0.05) is 18.2 Å². The largest absolute Gasteiger partial charge is 0.466 e. The highest BCUT2D eigenvalue weighted by atomic mass is 16.7. The summed E-state index contributed by atoms with van der Waals surface area (Å²) in [5, 5.41) is 0. The molecule has 7 heteroatoms. The van der Waals surface area contributed by atoms with Crippen LogP contribution in [0.5, 0.6) is 0 Å². The Morgan fingerprint density at radius 1 is 1.20 bits per heavy atom. The molecule has 0 atom stereocenters. The number of methoxy groups -OCH3 is 1. The first kappa shape index (κ1) is 15.4. The van der Waals surface area contributed by atoms with Gasteiger partial charge in [-0.2, -0.15) is 0 Å². The van der Waals surface area contributed by atoms with Crippen molar-refractivity contribution in [1.29, 1.82) is 0 Å². The minimum absolute atomic E-state index is 0.330. The zero-order chi connectivity index (χ0) is 15.0. The Balaban J connectivity index is 2.37. The summed E-state index contributed by atoms with van der Waals surface area (Å²) in [6.07, 6.45) is 5.11. The molecule has 1 heterocycles. The fourth-order valence-electron chi connectivity index (χ4n) is 1.19. The zero-order valence-electron chi connectivity index (χ0n) is 11.1. The molecule has 0 amide bonds. The number of carbonyl (C=O) groups excluding carboxylic acids is 3. The lowest BCUT2D eigenvalue weighted by Crippen LogP contribution is -2.28. The number of pyridine rings is 1. The van der Waals surface area contributed by atoms with Gasteiger partial charge in [0.25, 0.3) is 0 Å². The van der Waals surface area contributed by atoms with Crippen LogP contribution in [0.15, 0.2) is 36.7 Å². The topological polar surface area (TPSA) is 82.8 Å². The second-order valence-electron chi connectivity index (χ2n) is 3.63. The maximum Gasteiger partial charge on any atom is 0.347 e. The Morgan fingerprint density at radius 3 is 2.55 bits per heavy atom. The molecule has 0 saturated heterocycles. The fraction of sp³-hybridized carbons (Fsp3) is 0.231. The maximum atomic E-state index is 11.6. The Kier molecular flexibility index (Phi) is 5.89. The van der Waals surface area contributed by atoms with Crippen LogP contribution < -0.4 is 4.57 Å². The van der Waals surface area contributed by atoms with Gasteiger partial charge in [-0.25, -0.2) is 19.0 Å². The van der Waals surface area contributed by atoms with Gasteiger partial charge in [-0.3, -0.25) is 0 Å². The average molecular weight is 280 g/mol. The van der Waals surface area contributed by atoms with Crippen LogP contribution in [0.4, 0.5) is 0 Å². The second-order valence-corrected chi connectivity index (χ2v) is 3.63. The predicted molar refractivity (Wildman–Crippen MR) is 65.1 cm³/mol. The van der Waals surface area contributed by atoms with Gasteiger partial charge >= 0.3 is 17.9 Å². The van der Waals surface area contributed by atoms with Crippen LogP contribution in [0.2, 0.25) is 0 Å². The molecule has 0 N–H and O–H groups in total. The van der Waals surface area contributed by atoms with Crippen LogP contribution in [0.1, 0.15) is 10.4 Å². The Morgan fingerprint density at radius 2 is 1.90 bits per heavy atom. The Bertz CT molecular complexity index is 537. The number of esters is 3. The molecule has 0 radical (unpaired) electrons. The van der Waals surface area contributed by atoms with E-state index in [2.05, 4.69) is 9.47 Å². The summed E-state index contributed by atoms with van der Waals surface area (Å²) in [5.41, 5.74) is 0.330. The standard InChI is InChI=1S/C13H14NO6/c1-14-7-3-4-10(8-14)13(17)20-9-19-12(16)6-5-11(15)18-2/h3-8H,9H2,1-2H3/q+1. The highest BCUT2D eigenvalue weighted by molar-refractivity contribution is 5.91. The molecule has 7 nitrogen and oxygen atoms in total. The lowest BCUT2D eigenvalue weighted by atomic mass is 10.3. The first-order valence-electron chi connectivity index (χ1n) is 5.58. The van der Waals surface area contributed by atoms with E-state index < -0.39 is 24.7 Å². The van der Waals surface area contributed by atoms with Gasteiger partial charge in [-0.05, 0) is 6.07 Å². The van der Waals surface area contributed by atoms with Crippen molar-refractivity contribution in [2.75, 3.05) is 13.9 Å². The maximum absolute atomic E-state index is 11.6. The van der Waals surface area contributed by atoms with Crippen molar-refractivity contribution in [1.82, 2.24) is 0 Å². The number of carbonyl (C=O) groups is 3. The van der Waals surface area contributed by atoms with E-state index in [9.17, 15) is 14.4 Å². The van der Waals surface area contributed by atoms with E-state index in [1.807, 2.05) is 0 Å². The van der Waals surface area contributed by atoms with Gasteiger partial charge in [0.1, 0.15) is 12.6 Å². The summed E-state index contributed by atoms with van der Waals surface area (Å²) >= 11 is 0. The van der Waals surface area contributed by atoms with Crippen LogP contribution in [0.25, 0.3) is 0 Å². The molecule has 1 aromatic rings. The quantitative estimate of drug-likeness (QED) is 0.324.